The lowest BCUT2D eigenvalue weighted by Crippen LogP contribution is -2.58. The van der Waals surface area contributed by atoms with Crippen LogP contribution in [-0.2, 0) is 9.59 Å². The molecule has 2 rings (SSSR count). The van der Waals surface area contributed by atoms with E-state index in [1.54, 1.807) is 38.4 Å². The summed E-state index contributed by atoms with van der Waals surface area (Å²) in [5.74, 6) is -1.32. The Morgan fingerprint density at radius 2 is 1.74 bits per heavy atom. The summed E-state index contributed by atoms with van der Waals surface area (Å²) in [5.41, 5.74) is 0.647. The molecule has 0 bridgehead atoms. The third kappa shape index (κ3) is 2.53. The molecule has 0 radical (unpaired) electrons. The second-order valence-corrected chi connectivity index (χ2v) is 4.19. The third-order valence-electron chi connectivity index (χ3n) is 2.59. The van der Waals surface area contributed by atoms with Crippen LogP contribution in [0.4, 0.5) is 4.79 Å². The Hall–Kier alpha value is -2.47. The van der Waals surface area contributed by atoms with Gasteiger partial charge in [0, 0.05) is 14.1 Å². The lowest BCUT2D eigenvalue weighted by Gasteiger charge is -2.30. The maximum atomic E-state index is 12.1. The van der Waals surface area contributed by atoms with Gasteiger partial charge in [0.15, 0.2) is 0 Å². The Kier molecular flexibility index (Phi) is 3.43. The Morgan fingerprint density at radius 3 is 2.32 bits per heavy atom. The van der Waals surface area contributed by atoms with Crippen LogP contribution in [0.5, 0.6) is 0 Å². The van der Waals surface area contributed by atoms with Gasteiger partial charge in [-0.25, -0.2) is 9.80 Å². The van der Waals surface area contributed by atoms with E-state index >= 15 is 0 Å². The average Bonchev–Trinajstić information content (AvgIpc) is 2.35. The highest BCUT2D eigenvalue weighted by atomic mass is 16.2. The van der Waals surface area contributed by atoms with Gasteiger partial charge in [-0.15, -0.1) is 0 Å². The molecular formula is C13H13N3O3. The van der Waals surface area contributed by atoms with Crippen molar-refractivity contribution in [3.05, 3.63) is 41.5 Å². The summed E-state index contributed by atoms with van der Waals surface area (Å²) in [4.78, 5) is 35.4. The highest BCUT2D eigenvalue weighted by molar-refractivity contribution is 6.30. The first-order valence-corrected chi connectivity index (χ1v) is 5.64. The molecule has 0 aromatic heterocycles. The van der Waals surface area contributed by atoms with Crippen molar-refractivity contribution in [3.63, 3.8) is 0 Å². The molecule has 98 valence electrons. The predicted octanol–water partition coefficient (Wildman–Crippen LogP) is 0.625. The zero-order chi connectivity index (χ0) is 14.0. The summed E-state index contributed by atoms with van der Waals surface area (Å²) in [5, 5.41) is 4.32. The quantitative estimate of drug-likeness (QED) is 0.624. The van der Waals surface area contributed by atoms with E-state index < -0.39 is 17.8 Å². The predicted molar refractivity (Wildman–Crippen MR) is 68.5 cm³/mol. The number of amides is 4. The van der Waals surface area contributed by atoms with E-state index in [2.05, 4.69) is 5.32 Å². The van der Waals surface area contributed by atoms with Crippen molar-refractivity contribution in [2.24, 2.45) is 0 Å². The monoisotopic (exact) mass is 259 g/mol. The Morgan fingerprint density at radius 1 is 1.11 bits per heavy atom. The number of hydrogen-bond acceptors (Lipinski definition) is 4. The molecule has 1 N–H and O–H groups in total. The van der Waals surface area contributed by atoms with Gasteiger partial charge in [0.1, 0.15) is 5.57 Å². The fourth-order valence-corrected chi connectivity index (χ4v) is 1.73. The smallest absolute Gasteiger partial charge is 0.272 e. The fourth-order valence-electron chi connectivity index (χ4n) is 1.73. The average molecular weight is 259 g/mol. The number of nitrogens with zero attached hydrogens (tertiary/aromatic N) is 2. The number of carbonyl (C=O) groups is 3. The maximum absolute atomic E-state index is 12.1. The summed E-state index contributed by atoms with van der Waals surface area (Å²) in [6.07, 6.45) is 1.46. The van der Waals surface area contributed by atoms with Crippen LogP contribution in [0.15, 0.2) is 35.9 Å². The van der Waals surface area contributed by atoms with Crippen LogP contribution < -0.4 is 5.32 Å². The number of nitrogens with one attached hydrogen (secondary N) is 1. The van der Waals surface area contributed by atoms with Gasteiger partial charge in [0.05, 0.1) is 0 Å². The zero-order valence-electron chi connectivity index (χ0n) is 10.6. The van der Waals surface area contributed by atoms with Crippen molar-refractivity contribution in [2.45, 2.75) is 0 Å². The number of hydrogen-bond donors (Lipinski definition) is 1. The highest BCUT2D eigenvalue weighted by Gasteiger charge is 2.37. The molecule has 1 aromatic rings. The fraction of sp³-hybridized carbons (Fsp3) is 0.154. The molecule has 4 amide bonds. The number of barbiturate groups is 1. The third-order valence-corrected chi connectivity index (χ3v) is 2.59. The van der Waals surface area contributed by atoms with Crippen molar-refractivity contribution in [1.82, 2.24) is 15.3 Å². The lowest BCUT2D eigenvalue weighted by atomic mass is 10.1. The first-order valence-electron chi connectivity index (χ1n) is 5.64. The number of urea groups is 1. The van der Waals surface area contributed by atoms with Gasteiger partial charge < -0.3 is 0 Å². The van der Waals surface area contributed by atoms with Gasteiger partial charge in [0.2, 0.25) is 0 Å². The highest BCUT2D eigenvalue weighted by Crippen LogP contribution is 2.14. The second kappa shape index (κ2) is 5.03. The molecule has 0 unspecified atom stereocenters. The van der Waals surface area contributed by atoms with Gasteiger partial charge in [-0.2, -0.15) is 5.01 Å². The Balaban J connectivity index is 2.39. The second-order valence-electron chi connectivity index (χ2n) is 4.19. The van der Waals surface area contributed by atoms with Crippen molar-refractivity contribution in [2.75, 3.05) is 14.1 Å². The SMILES string of the molecule is CN(C)N1C(=O)NC(=O)C(=Cc2ccccc2)C1=O. The maximum Gasteiger partial charge on any atom is 0.346 e. The van der Waals surface area contributed by atoms with Crippen molar-refractivity contribution in [1.29, 1.82) is 0 Å². The summed E-state index contributed by atoms with van der Waals surface area (Å²) >= 11 is 0. The van der Waals surface area contributed by atoms with Gasteiger partial charge in [-0.3, -0.25) is 14.9 Å². The Bertz CT molecular complexity index is 564. The first kappa shape index (κ1) is 13.0. The van der Waals surface area contributed by atoms with Crippen LogP contribution in [-0.4, -0.2) is 42.0 Å². The molecule has 0 atom stereocenters. The summed E-state index contributed by atoms with van der Waals surface area (Å²) in [6.45, 7) is 0. The van der Waals surface area contributed by atoms with Crippen LogP contribution >= 0.6 is 0 Å². The van der Waals surface area contributed by atoms with E-state index in [0.29, 0.717) is 5.56 Å². The summed E-state index contributed by atoms with van der Waals surface area (Å²) in [7, 11) is 3.10. The minimum Gasteiger partial charge on any atom is -0.272 e. The minimum absolute atomic E-state index is 0.0699. The number of hydrazine groups is 1. The summed E-state index contributed by atoms with van der Waals surface area (Å²) < 4.78 is 0. The normalized spacial score (nSPS) is 18.2. The molecule has 6 nitrogen and oxygen atoms in total. The van der Waals surface area contributed by atoms with Crippen LogP contribution in [0.2, 0.25) is 0 Å². The molecule has 0 spiro atoms. The molecule has 19 heavy (non-hydrogen) atoms. The topological polar surface area (TPSA) is 69.7 Å². The lowest BCUT2D eigenvalue weighted by molar-refractivity contribution is -0.138. The van der Waals surface area contributed by atoms with Gasteiger partial charge in [-0.1, -0.05) is 30.3 Å². The van der Waals surface area contributed by atoms with Crippen LogP contribution in [0.25, 0.3) is 6.08 Å². The molecule has 1 aliphatic rings. The van der Waals surface area contributed by atoms with E-state index in [1.165, 1.54) is 11.1 Å². The molecule has 1 aliphatic heterocycles. The van der Waals surface area contributed by atoms with Crippen LogP contribution in [0.3, 0.4) is 0 Å². The molecule has 1 saturated heterocycles. The standard InChI is InChI=1S/C13H13N3O3/c1-15(2)16-12(18)10(11(17)14-13(16)19)8-9-6-4-3-5-7-9/h3-8H,1-2H3,(H,14,17,19). The van der Waals surface area contributed by atoms with Crippen molar-refractivity contribution in [3.8, 4) is 0 Å². The van der Waals surface area contributed by atoms with Crippen LogP contribution in [0, 0.1) is 0 Å². The molecule has 1 aromatic carbocycles. The molecule has 6 heteroatoms. The largest absolute Gasteiger partial charge is 0.346 e. The Labute approximate surface area is 110 Å². The van der Waals surface area contributed by atoms with E-state index in [0.717, 1.165) is 5.01 Å². The number of rotatable bonds is 2. The first-order chi connectivity index (χ1) is 9.00. The number of carbonyl (C=O) groups excluding carboxylic acids is 3. The van der Waals surface area contributed by atoms with Gasteiger partial charge >= 0.3 is 6.03 Å². The number of imide groups is 2. The summed E-state index contributed by atoms with van der Waals surface area (Å²) in [6, 6.07) is 8.22. The molecule has 1 fully saturated rings. The van der Waals surface area contributed by atoms with Gasteiger partial charge in [-0.05, 0) is 11.6 Å². The van der Waals surface area contributed by atoms with E-state index in [1.807, 2.05) is 6.07 Å². The van der Waals surface area contributed by atoms with Crippen molar-refractivity contribution < 1.29 is 14.4 Å². The zero-order valence-corrected chi connectivity index (χ0v) is 10.6. The molecule has 1 heterocycles. The van der Waals surface area contributed by atoms with E-state index in [9.17, 15) is 14.4 Å². The van der Waals surface area contributed by atoms with E-state index in [-0.39, 0.29) is 5.57 Å². The van der Waals surface area contributed by atoms with Gasteiger partial charge in [0.25, 0.3) is 11.8 Å². The molecule has 0 saturated carbocycles. The number of benzene rings is 1. The van der Waals surface area contributed by atoms with Crippen LogP contribution in [0.1, 0.15) is 5.56 Å². The minimum atomic E-state index is -0.745. The van der Waals surface area contributed by atoms with Crippen molar-refractivity contribution >= 4 is 23.9 Å². The van der Waals surface area contributed by atoms with E-state index in [4.69, 9.17) is 0 Å². The molecule has 0 aliphatic carbocycles. The molecular weight excluding hydrogens is 246 g/mol.